The van der Waals surface area contributed by atoms with Crippen molar-refractivity contribution in [2.45, 2.75) is 19.4 Å². The fourth-order valence-corrected chi connectivity index (χ4v) is 4.96. The van der Waals surface area contributed by atoms with E-state index in [9.17, 15) is 21.6 Å². The van der Waals surface area contributed by atoms with Gasteiger partial charge in [-0.3, -0.25) is 0 Å². The van der Waals surface area contributed by atoms with Crippen LogP contribution >= 0.6 is 0 Å². The van der Waals surface area contributed by atoms with Gasteiger partial charge in [-0.2, -0.15) is 4.98 Å². The minimum atomic E-state index is -3.08. The molecule has 8 nitrogen and oxygen atoms in total. The second-order valence-electron chi connectivity index (χ2n) is 7.67. The van der Waals surface area contributed by atoms with Gasteiger partial charge >= 0.3 is 0 Å². The van der Waals surface area contributed by atoms with Gasteiger partial charge in [-0.25, -0.2) is 31.6 Å². The smallest absolute Gasteiger partial charge is 0.266 e. The van der Waals surface area contributed by atoms with E-state index >= 15 is 0 Å². The highest BCUT2D eigenvalue weighted by atomic mass is 32.2. The van der Waals surface area contributed by atoms with Gasteiger partial charge in [-0.15, -0.1) is 0 Å². The summed E-state index contributed by atoms with van der Waals surface area (Å²) in [6.07, 6.45) is -1.65. The zero-order valence-electron chi connectivity index (χ0n) is 17.9. The molecule has 0 saturated carbocycles. The van der Waals surface area contributed by atoms with Crippen LogP contribution in [0, 0.1) is 5.82 Å². The highest BCUT2D eigenvalue weighted by Gasteiger charge is 2.26. The number of ether oxygens (including phenoxy) is 1. The maximum absolute atomic E-state index is 14.6. The van der Waals surface area contributed by atoms with Crippen molar-refractivity contribution >= 4 is 32.4 Å². The van der Waals surface area contributed by atoms with Gasteiger partial charge in [-0.05, 0) is 13.0 Å². The number of benzene rings is 1. The normalized spacial score (nSPS) is 16.7. The summed E-state index contributed by atoms with van der Waals surface area (Å²) in [7, 11) is -1.63. The summed E-state index contributed by atoms with van der Waals surface area (Å²) >= 11 is 0. The molecule has 1 aromatic carbocycles. The van der Waals surface area contributed by atoms with E-state index in [2.05, 4.69) is 20.3 Å². The molecule has 1 atom stereocenters. The predicted molar refractivity (Wildman–Crippen MR) is 118 cm³/mol. The molecule has 0 amide bonds. The largest absolute Gasteiger partial charge is 0.479 e. The Kier molecular flexibility index (Phi) is 6.28. The van der Waals surface area contributed by atoms with Crippen LogP contribution in [0.25, 0.3) is 11.0 Å². The number of fused-ring (bicyclic) bond motifs is 1. The molecule has 2 aromatic heterocycles. The summed E-state index contributed by atoms with van der Waals surface area (Å²) in [6.45, 7) is 2.20. The first-order valence-corrected chi connectivity index (χ1v) is 12.0. The van der Waals surface area contributed by atoms with Crippen LogP contribution in [-0.2, 0) is 9.84 Å². The molecule has 1 N–H and O–H groups in total. The van der Waals surface area contributed by atoms with E-state index in [0.717, 1.165) is 6.07 Å². The Labute approximate surface area is 188 Å². The zero-order valence-corrected chi connectivity index (χ0v) is 18.7. The number of rotatable bonds is 6. The van der Waals surface area contributed by atoms with Crippen molar-refractivity contribution in [2.75, 3.05) is 41.9 Å². The van der Waals surface area contributed by atoms with Crippen LogP contribution in [-0.4, -0.2) is 55.1 Å². The SMILES string of the molecule is COc1nc2ncnc(N[C@H](C)c3cccc(C(F)F)c3F)c2cc1N1CCS(=O)(=O)CC1. The molecule has 1 aliphatic heterocycles. The number of methoxy groups -OCH3 is 1. The van der Waals surface area contributed by atoms with Crippen LogP contribution in [0.4, 0.5) is 24.7 Å². The standard InChI is InChI=1S/C21H22F3N5O3S/c1-12(13-4-3-5-14(17(13)22)18(23)24)27-19-15-10-16(29-6-8-33(30,31)9-7-29)21(32-2)28-20(15)26-11-25-19/h3-5,10-12,18H,6-9H2,1-2H3,(H,25,26,27,28)/t12-/m1/s1. The molecule has 0 spiro atoms. The molecule has 1 fully saturated rings. The maximum atomic E-state index is 14.6. The first-order valence-electron chi connectivity index (χ1n) is 10.2. The van der Waals surface area contributed by atoms with Gasteiger partial charge in [0.15, 0.2) is 15.5 Å². The fourth-order valence-electron chi connectivity index (χ4n) is 3.76. The van der Waals surface area contributed by atoms with E-state index in [1.807, 2.05) is 4.90 Å². The number of anilines is 2. The summed E-state index contributed by atoms with van der Waals surface area (Å²) in [5, 5.41) is 3.56. The number of alkyl halides is 2. The van der Waals surface area contributed by atoms with Gasteiger partial charge in [0.25, 0.3) is 6.43 Å². The predicted octanol–water partition coefficient (Wildman–Crippen LogP) is 3.52. The second kappa shape index (κ2) is 9.00. The van der Waals surface area contributed by atoms with Crippen molar-refractivity contribution in [3.05, 3.63) is 47.5 Å². The molecule has 3 aromatic rings. The van der Waals surface area contributed by atoms with E-state index in [1.54, 1.807) is 13.0 Å². The Bertz CT molecular complexity index is 1280. The topological polar surface area (TPSA) is 97.3 Å². The molecule has 0 unspecified atom stereocenters. The molecule has 33 heavy (non-hydrogen) atoms. The molecular formula is C21H22F3N5O3S. The van der Waals surface area contributed by atoms with Gasteiger partial charge in [0.2, 0.25) is 5.88 Å². The van der Waals surface area contributed by atoms with Crippen LogP contribution in [0.5, 0.6) is 5.88 Å². The number of nitrogens with one attached hydrogen (secondary N) is 1. The Hall–Kier alpha value is -3.15. The van der Waals surface area contributed by atoms with E-state index < -0.39 is 33.7 Å². The Morgan fingerprint density at radius 3 is 2.52 bits per heavy atom. The Balaban J connectivity index is 1.71. The molecule has 1 saturated heterocycles. The summed E-state index contributed by atoms with van der Waals surface area (Å²) < 4.78 is 69.9. The molecule has 3 heterocycles. The van der Waals surface area contributed by atoms with Gasteiger partial charge < -0.3 is 15.0 Å². The van der Waals surface area contributed by atoms with Gasteiger partial charge in [0, 0.05) is 18.7 Å². The average Bonchev–Trinajstić information content (AvgIpc) is 2.78. The minimum absolute atomic E-state index is 0.0153. The number of nitrogens with zero attached hydrogens (tertiary/aromatic N) is 4. The van der Waals surface area contributed by atoms with Crippen LogP contribution in [0.3, 0.4) is 0 Å². The van der Waals surface area contributed by atoms with Gasteiger partial charge in [0.1, 0.15) is 23.6 Å². The Morgan fingerprint density at radius 1 is 1.15 bits per heavy atom. The lowest BCUT2D eigenvalue weighted by Gasteiger charge is -2.29. The van der Waals surface area contributed by atoms with E-state index in [-0.39, 0.29) is 36.0 Å². The third-order valence-electron chi connectivity index (χ3n) is 5.56. The van der Waals surface area contributed by atoms with Crippen molar-refractivity contribution in [1.29, 1.82) is 0 Å². The molecule has 0 radical (unpaired) electrons. The zero-order chi connectivity index (χ0) is 23.8. The summed E-state index contributed by atoms with van der Waals surface area (Å²) in [4.78, 5) is 14.7. The van der Waals surface area contributed by atoms with Crippen molar-refractivity contribution in [1.82, 2.24) is 15.0 Å². The third-order valence-corrected chi connectivity index (χ3v) is 7.17. The number of aromatic nitrogens is 3. The van der Waals surface area contributed by atoms with Crippen LogP contribution in [0.2, 0.25) is 0 Å². The summed E-state index contributed by atoms with van der Waals surface area (Å²) in [6, 6.07) is 4.92. The lowest BCUT2D eigenvalue weighted by molar-refractivity contribution is 0.146. The van der Waals surface area contributed by atoms with Crippen molar-refractivity contribution in [3.8, 4) is 5.88 Å². The fraction of sp³-hybridized carbons (Fsp3) is 0.381. The van der Waals surface area contributed by atoms with E-state index in [1.165, 1.54) is 25.6 Å². The van der Waals surface area contributed by atoms with Gasteiger partial charge in [0.05, 0.1) is 35.6 Å². The molecule has 1 aliphatic rings. The molecule has 4 rings (SSSR count). The van der Waals surface area contributed by atoms with Crippen LogP contribution in [0.1, 0.15) is 30.5 Å². The van der Waals surface area contributed by atoms with Crippen LogP contribution in [0.15, 0.2) is 30.6 Å². The van der Waals surface area contributed by atoms with Crippen molar-refractivity contribution in [3.63, 3.8) is 0 Å². The number of sulfone groups is 1. The molecule has 0 aliphatic carbocycles. The third kappa shape index (κ3) is 4.65. The van der Waals surface area contributed by atoms with Gasteiger partial charge in [-0.1, -0.05) is 18.2 Å². The van der Waals surface area contributed by atoms with E-state index in [4.69, 9.17) is 4.74 Å². The first kappa shape index (κ1) is 23.0. The number of pyridine rings is 1. The lowest BCUT2D eigenvalue weighted by atomic mass is 10.0. The highest BCUT2D eigenvalue weighted by molar-refractivity contribution is 7.91. The monoisotopic (exact) mass is 481 g/mol. The number of hydrogen-bond acceptors (Lipinski definition) is 8. The molecule has 176 valence electrons. The minimum Gasteiger partial charge on any atom is -0.479 e. The van der Waals surface area contributed by atoms with Crippen molar-refractivity contribution < 1.29 is 26.3 Å². The maximum Gasteiger partial charge on any atom is 0.266 e. The lowest BCUT2D eigenvalue weighted by Crippen LogP contribution is -2.40. The quantitative estimate of drug-likeness (QED) is 0.571. The average molecular weight is 482 g/mol. The number of hydrogen-bond donors (Lipinski definition) is 1. The summed E-state index contributed by atoms with van der Waals surface area (Å²) in [5.74, 6) is -0.325. The van der Waals surface area contributed by atoms with Crippen LogP contribution < -0.4 is 15.0 Å². The molecule has 0 bridgehead atoms. The van der Waals surface area contributed by atoms with Crippen molar-refractivity contribution in [2.24, 2.45) is 0 Å². The number of halogens is 3. The first-order chi connectivity index (χ1) is 15.7. The molecule has 12 heteroatoms. The Morgan fingerprint density at radius 2 is 1.85 bits per heavy atom. The summed E-state index contributed by atoms with van der Waals surface area (Å²) in [5.41, 5.74) is 0.299. The van der Waals surface area contributed by atoms with E-state index in [0.29, 0.717) is 22.5 Å². The molecular weight excluding hydrogens is 459 g/mol. The second-order valence-corrected chi connectivity index (χ2v) is 9.97. The highest BCUT2D eigenvalue weighted by Crippen LogP contribution is 2.34.